The minimum atomic E-state index is -0.0880. The van der Waals surface area contributed by atoms with Crippen LogP contribution in [0.25, 0.3) is 10.2 Å². The second kappa shape index (κ2) is 9.20. The predicted octanol–water partition coefficient (Wildman–Crippen LogP) is 3.82. The zero-order valence-corrected chi connectivity index (χ0v) is 18.7. The van der Waals surface area contributed by atoms with Gasteiger partial charge in [0.15, 0.2) is 5.13 Å². The molecule has 8 heteroatoms. The van der Waals surface area contributed by atoms with E-state index >= 15 is 0 Å². The standard InChI is InChI=1S/C22H25ClN4O2S/c1-15-6-7-18(29-2)19-20(15)30-22(25-19)27-12-10-26(11-13-27)9-8-24-21(28)16-4-3-5-17(23)14-16/h3-7,14H,8-13H2,1-2H3,(H,24,28). The molecule has 30 heavy (non-hydrogen) atoms. The van der Waals surface area contributed by atoms with E-state index in [1.807, 2.05) is 6.07 Å². The van der Waals surface area contributed by atoms with Gasteiger partial charge in [-0.25, -0.2) is 4.98 Å². The average Bonchev–Trinajstić information content (AvgIpc) is 3.21. The molecule has 2 heterocycles. The Labute approximate surface area is 185 Å². The van der Waals surface area contributed by atoms with Crippen molar-refractivity contribution in [3.8, 4) is 5.75 Å². The smallest absolute Gasteiger partial charge is 0.251 e. The van der Waals surface area contributed by atoms with Gasteiger partial charge in [-0.3, -0.25) is 9.69 Å². The van der Waals surface area contributed by atoms with E-state index in [-0.39, 0.29) is 5.91 Å². The number of aromatic nitrogens is 1. The summed E-state index contributed by atoms with van der Waals surface area (Å²) in [5.41, 5.74) is 2.76. The number of aryl methyl sites for hydroxylation is 1. The van der Waals surface area contributed by atoms with E-state index in [4.69, 9.17) is 21.3 Å². The van der Waals surface area contributed by atoms with Gasteiger partial charge in [-0.05, 0) is 36.8 Å². The van der Waals surface area contributed by atoms with Gasteiger partial charge in [-0.2, -0.15) is 0 Å². The van der Waals surface area contributed by atoms with Crippen LogP contribution in [-0.2, 0) is 0 Å². The largest absolute Gasteiger partial charge is 0.494 e. The average molecular weight is 445 g/mol. The summed E-state index contributed by atoms with van der Waals surface area (Å²) < 4.78 is 6.67. The minimum Gasteiger partial charge on any atom is -0.494 e. The summed E-state index contributed by atoms with van der Waals surface area (Å²) in [5, 5.41) is 4.59. The van der Waals surface area contributed by atoms with E-state index in [1.54, 1.807) is 42.7 Å². The molecule has 0 saturated carbocycles. The Morgan fingerprint density at radius 2 is 2.03 bits per heavy atom. The number of amides is 1. The van der Waals surface area contributed by atoms with Crippen LogP contribution in [0.3, 0.4) is 0 Å². The third kappa shape index (κ3) is 4.53. The van der Waals surface area contributed by atoms with Gasteiger partial charge in [0.1, 0.15) is 11.3 Å². The molecule has 1 saturated heterocycles. The zero-order valence-electron chi connectivity index (χ0n) is 17.2. The second-order valence-electron chi connectivity index (χ2n) is 7.35. The first-order chi connectivity index (χ1) is 14.5. The van der Waals surface area contributed by atoms with E-state index in [1.165, 1.54) is 10.3 Å². The molecule has 158 valence electrons. The van der Waals surface area contributed by atoms with E-state index in [2.05, 4.69) is 28.1 Å². The number of rotatable bonds is 6. The number of piperazine rings is 1. The van der Waals surface area contributed by atoms with Crippen LogP contribution < -0.4 is 15.0 Å². The maximum Gasteiger partial charge on any atom is 0.251 e. The van der Waals surface area contributed by atoms with Crippen LogP contribution in [0.2, 0.25) is 5.02 Å². The SMILES string of the molecule is COc1ccc(C)c2sc(N3CCN(CCNC(=O)c4cccc(Cl)c4)CC3)nc12. The number of carbonyl (C=O) groups is 1. The van der Waals surface area contributed by atoms with Crippen molar-refractivity contribution in [1.82, 2.24) is 15.2 Å². The Morgan fingerprint density at radius 3 is 2.77 bits per heavy atom. The normalized spacial score (nSPS) is 14.8. The first kappa shape index (κ1) is 20.9. The number of hydrogen-bond donors (Lipinski definition) is 1. The molecule has 1 aliphatic rings. The number of anilines is 1. The quantitative estimate of drug-likeness (QED) is 0.626. The highest BCUT2D eigenvalue weighted by Crippen LogP contribution is 2.36. The van der Waals surface area contributed by atoms with Gasteiger partial charge in [0.25, 0.3) is 5.91 Å². The molecular formula is C22H25ClN4O2S. The molecule has 0 aliphatic carbocycles. The van der Waals surface area contributed by atoms with Gasteiger partial charge in [0, 0.05) is 49.9 Å². The maximum absolute atomic E-state index is 12.2. The lowest BCUT2D eigenvalue weighted by atomic mass is 10.2. The molecule has 6 nitrogen and oxygen atoms in total. The number of halogens is 1. The van der Waals surface area contributed by atoms with Crippen LogP contribution in [0.5, 0.6) is 5.75 Å². The molecule has 4 rings (SSSR count). The fraction of sp³-hybridized carbons (Fsp3) is 0.364. The van der Waals surface area contributed by atoms with Crippen molar-refractivity contribution in [1.29, 1.82) is 0 Å². The Kier molecular flexibility index (Phi) is 6.41. The van der Waals surface area contributed by atoms with Crippen LogP contribution >= 0.6 is 22.9 Å². The molecule has 0 bridgehead atoms. The fourth-order valence-corrected chi connectivity index (χ4v) is 4.91. The third-order valence-electron chi connectivity index (χ3n) is 5.36. The van der Waals surface area contributed by atoms with Gasteiger partial charge in [0.05, 0.1) is 11.8 Å². The second-order valence-corrected chi connectivity index (χ2v) is 8.77. The van der Waals surface area contributed by atoms with Crippen LogP contribution in [0.15, 0.2) is 36.4 Å². The molecular weight excluding hydrogens is 420 g/mol. The van der Waals surface area contributed by atoms with Crippen molar-refractivity contribution in [3.63, 3.8) is 0 Å². The monoisotopic (exact) mass is 444 g/mol. The third-order valence-corrected chi connectivity index (χ3v) is 6.84. The van der Waals surface area contributed by atoms with Crippen LogP contribution in [0, 0.1) is 6.92 Å². The Morgan fingerprint density at radius 1 is 1.23 bits per heavy atom. The van der Waals surface area contributed by atoms with E-state index in [0.29, 0.717) is 17.1 Å². The minimum absolute atomic E-state index is 0.0880. The van der Waals surface area contributed by atoms with E-state index in [9.17, 15) is 4.79 Å². The van der Waals surface area contributed by atoms with Crippen LogP contribution in [0.1, 0.15) is 15.9 Å². The number of thiazole rings is 1. The highest BCUT2D eigenvalue weighted by Gasteiger charge is 2.21. The van der Waals surface area contributed by atoms with Gasteiger partial charge >= 0.3 is 0 Å². The van der Waals surface area contributed by atoms with Crippen molar-refractivity contribution >= 4 is 44.2 Å². The molecule has 1 N–H and O–H groups in total. The molecule has 1 aliphatic heterocycles. The number of ether oxygens (including phenoxy) is 1. The molecule has 0 atom stereocenters. The van der Waals surface area contributed by atoms with Crippen molar-refractivity contribution in [2.75, 3.05) is 51.3 Å². The Hall–Kier alpha value is -2.35. The summed E-state index contributed by atoms with van der Waals surface area (Å²) in [7, 11) is 1.69. The summed E-state index contributed by atoms with van der Waals surface area (Å²) in [4.78, 5) is 21.8. The first-order valence-corrected chi connectivity index (χ1v) is 11.2. The number of carbonyl (C=O) groups excluding carboxylic acids is 1. The van der Waals surface area contributed by atoms with Gasteiger partial charge in [0.2, 0.25) is 0 Å². The highest BCUT2D eigenvalue weighted by molar-refractivity contribution is 7.22. The number of nitrogens with zero attached hydrogens (tertiary/aromatic N) is 3. The molecule has 3 aromatic rings. The molecule has 1 amide bonds. The predicted molar refractivity (Wildman–Crippen MR) is 123 cm³/mol. The Bertz CT molecular complexity index is 1050. The van der Waals surface area contributed by atoms with Crippen molar-refractivity contribution < 1.29 is 9.53 Å². The van der Waals surface area contributed by atoms with Gasteiger partial charge < -0.3 is 15.0 Å². The lowest BCUT2D eigenvalue weighted by Crippen LogP contribution is -2.48. The number of fused-ring (bicyclic) bond motifs is 1. The maximum atomic E-state index is 12.2. The Balaban J connectivity index is 1.29. The summed E-state index contributed by atoms with van der Waals surface area (Å²) in [6.45, 7) is 7.28. The number of methoxy groups -OCH3 is 1. The molecule has 1 fully saturated rings. The molecule has 0 unspecified atom stereocenters. The van der Waals surface area contributed by atoms with Crippen LogP contribution in [-0.4, -0.2) is 62.2 Å². The molecule has 0 spiro atoms. The van der Waals surface area contributed by atoms with Gasteiger partial charge in [-0.15, -0.1) is 0 Å². The number of hydrogen-bond acceptors (Lipinski definition) is 6. The van der Waals surface area contributed by atoms with E-state index in [0.717, 1.165) is 49.1 Å². The molecule has 2 aromatic carbocycles. The first-order valence-electron chi connectivity index (χ1n) is 10.0. The topological polar surface area (TPSA) is 57.7 Å². The number of nitrogens with one attached hydrogen (secondary N) is 1. The zero-order chi connectivity index (χ0) is 21.1. The van der Waals surface area contributed by atoms with E-state index < -0.39 is 0 Å². The highest BCUT2D eigenvalue weighted by atomic mass is 35.5. The van der Waals surface area contributed by atoms with Crippen molar-refractivity contribution in [2.24, 2.45) is 0 Å². The lowest BCUT2D eigenvalue weighted by Gasteiger charge is -2.34. The fourth-order valence-electron chi connectivity index (χ4n) is 3.62. The summed E-state index contributed by atoms with van der Waals surface area (Å²) in [5.74, 6) is 0.738. The summed E-state index contributed by atoms with van der Waals surface area (Å²) >= 11 is 7.69. The summed E-state index contributed by atoms with van der Waals surface area (Å²) in [6, 6.07) is 11.1. The summed E-state index contributed by atoms with van der Waals surface area (Å²) in [6.07, 6.45) is 0. The lowest BCUT2D eigenvalue weighted by molar-refractivity contribution is 0.0948. The molecule has 0 radical (unpaired) electrons. The van der Waals surface area contributed by atoms with Crippen molar-refractivity contribution in [3.05, 3.63) is 52.5 Å². The van der Waals surface area contributed by atoms with Gasteiger partial charge in [-0.1, -0.05) is 35.1 Å². The number of benzene rings is 2. The molecule has 1 aromatic heterocycles. The van der Waals surface area contributed by atoms with Crippen LogP contribution in [0.4, 0.5) is 5.13 Å². The van der Waals surface area contributed by atoms with Crippen molar-refractivity contribution in [2.45, 2.75) is 6.92 Å².